The van der Waals surface area contributed by atoms with Crippen molar-refractivity contribution >= 4 is 34.7 Å². The molecule has 0 unspecified atom stereocenters. The molecule has 0 aromatic heterocycles. The highest BCUT2D eigenvalue weighted by Gasteiger charge is 2.39. The molecule has 1 fully saturated rings. The van der Waals surface area contributed by atoms with Crippen molar-refractivity contribution in [3.63, 3.8) is 0 Å². The Morgan fingerprint density at radius 3 is 2.29 bits per heavy atom. The molecule has 0 radical (unpaired) electrons. The molecular formula is C23H24ClN3O4. The lowest BCUT2D eigenvalue weighted by molar-refractivity contribution is -0.137. The number of morpholine rings is 1. The van der Waals surface area contributed by atoms with Gasteiger partial charge in [0.05, 0.1) is 25.9 Å². The van der Waals surface area contributed by atoms with E-state index in [-0.39, 0.29) is 17.5 Å². The van der Waals surface area contributed by atoms with Crippen LogP contribution >= 0.6 is 11.6 Å². The lowest BCUT2D eigenvalue weighted by Crippen LogP contribution is -2.43. The second kappa shape index (κ2) is 9.51. The minimum absolute atomic E-state index is 0.263. The SMILES string of the molecule is COc1ccc(NC2=C(c3ccc(Cl)cc3)C(=O)N(CCN3CCOCC3)C2=O)cc1. The summed E-state index contributed by atoms with van der Waals surface area (Å²) in [7, 11) is 1.59. The Bertz CT molecular complexity index is 983. The van der Waals surface area contributed by atoms with Gasteiger partial charge in [-0.2, -0.15) is 0 Å². The molecule has 2 aliphatic rings. The molecule has 162 valence electrons. The summed E-state index contributed by atoms with van der Waals surface area (Å²) in [6, 6.07) is 14.1. The monoisotopic (exact) mass is 441 g/mol. The number of carbonyl (C=O) groups excluding carboxylic acids is 2. The van der Waals surface area contributed by atoms with Gasteiger partial charge in [-0.05, 0) is 42.0 Å². The van der Waals surface area contributed by atoms with Gasteiger partial charge in [0.15, 0.2) is 0 Å². The number of benzene rings is 2. The summed E-state index contributed by atoms with van der Waals surface area (Å²) in [5.41, 5.74) is 1.95. The van der Waals surface area contributed by atoms with Gasteiger partial charge in [0, 0.05) is 36.9 Å². The van der Waals surface area contributed by atoms with Gasteiger partial charge in [0.25, 0.3) is 11.8 Å². The van der Waals surface area contributed by atoms with E-state index in [1.807, 2.05) is 0 Å². The van der Waals surface area contributed by atoms with Gasteiger partial charge in [-0.3, -0.25) is 19.4 Å². The van der Waals surface area contributed by atoms with Crippen molar-refractivity contribution in [2.24, 2.45) is 0 Å². The van der Waals surface area contributed by atoms with Crippen molar-refractivity contribution in [2.75, 3.05) is 51.8 Å². The third kappa shape index (κ3) is 4.74. The summed E-state index contributed by atoms with van der Waals surface area (Å²) < 4.78 is 10.6. The molecule has 2 aliphatic heterocycles. The Labute approximate surface area is 186 Å². The van der Waals surface area contributed by atoms with Gasteiger partial charge in [-0.15, -0.1) is 0 Å². The standard InChI is InChI=1S/C23H24ClN3O4/c1-30-19-8-6-18(7-9-19)25-21-20(16-2-4-17(24)5-3-16)22(28)27(23(21)29)11-10-26-12-14-31-15-13-26/h2-9,25H,10-15H2,1H3. The number of amides is 2. The first kappa shape index (κ1) is 21.4. The molecule has 0 bridgehead atoms. The van der Waals surface area contributed by atoms with Gasteiger partial charge in [-0.25, -0.2) is 0 Å². The first-order valence-corrected chi connectivity index (χ1v) is 10.5. The number of rotatable bonds is 7. The van der Waals surface area contributed by atoms with Crippen LogP contribution in [0.15, 0.2) is 54.2 Å². The average Bonchev–Trinajstić information content (AvgIpc) is 3.03. The topological polar surface area (TPSA) is 71.1 Å². The highest BCUT2D eigenvalue weighted by Crippen LogP contribution is 2.31. The lowest BCUT2D eigenvalue weighted by atomic mass is 10.0. The zero-order chi connectivity index (χ0) is 21.8. The number of nitrogens with zero attached hydrogens (tertiary/aromatic N) is 2. The minimum atomic E-state index is -0.334. The molecule has 4 rings (SSSR count). The molecule has 1 N–H and O–H groups in total. The van der Waals surface area contributed by atoms with E-state index in [0.717, 1.165) is 13.1 Å². The number of halogens is 1. The van der Waals surface area contributed by atoms with E-state index in [2.05, 4.69) is 10.2 Å². The maximum atomic E-state index is 13.3. The number of methoxy groups -OCH3 is 1. The third-order valence-electron chi connectivity index (χ3n) is 5.40. The highest BCUT2D eigenvalue weighted by molar-refractivity contribution is 6.36. The van der Waals surface area contributed by atoms with Crippen LogP contribution in [-0.4, -0.2) is 68.1 Å². The Hall–Kier alpha value is -2.87. The average molecular weight is 442 g/mol. The zero-order valence-corrected chi connectivity index (χ0v) is 18.0. The number of imide groups is 1. The zero-order valence-electron chi connectivity index (χ0n) is 17.3. The molecule has 0 spiro atoms. The van der Waals surface area contributed by atoms with Crippen LogP contribution < -0.4 is 10.1 Å². The minimum Gasteiger partial charge on any atom is -0.497 e. The van der Waals surface area contributed by atoms with Crippen LogP contribution in [0.5, 0.6) is 5.75 Å². The van der Waals surface area contributed by atoms with Crippen LogP contribution in [0.1, 0.15) is 5.56 Å². The summed E-state index contributed by atoms with van der Waals surface area (Å²) in [6.07, 6.45) is 0. The van der Waals surface area contributed by atoms with Gasteiger partial charge in [0.2, 0.25) is 0 Å². The van der Waals surface area contributed by atoms with Crippen LogP contribution in [0.2, 0.25) is 5.02 Å². The van der Waals surface area contributed by atoms with E-state index in [1.54, 1.807) is 55.6 Å². The molecule has 1 saturated heterocycles. The Balaban J connectivity index is 1.60. The Morgan fingerprint density at radius 1 is 0.968 bits per heavy atom. The summed E-state index contributed by atoms with van der Waals surface area (Å²) in [6.45, 7) is 3.86. The van der Waals surface area contributed by atoms with E-state index >= 15 is 0 Å². The van der Waals surface area contributed by atoms with Gasteiger partial charge < -0.3 is 14.8 Å². The van der Waals surface area contributed by atoms with Gasteiger partial charge in [-0.1, -0.05) is 23.7 Å². The normalized spacial score (nSPS) is 17.4. The van der Waals surface area contributed by atoms with Crippen LogP contribution in [-0.2, 0) is 14.3 Å². The van der Waals surface area contributed by atoms with Crippen LogP contribution in [0.25, 0.3) is 5.57 Å². The molecule has 2 aromatic rings. The van der Waals surface area contributed by atoms with Crippen LogP contribution in [0.3, 0.4) is 0 Å². The molecule has 2 aromatic carbocycles. The molecular weight excluding hydrogens is 418 g/mol. The molecule has 7 nitrogen and oxygen atoms in total. The number of anilines is 1. The smallest absolute Gasteiger partial charge is 0.278 e. The third-order valence-corrected chi connectivity index (χ3v) is 5.66. The Morgan fingerprint density at radius 2 is 1.65 bits per heavy atom. The van der Waals surface area contributed by atoms with Crippen LogP contribution in [0.4, 0.5) is 5.69 Å². The van der Waals surface area contributed by atoms with Crippen molar-refractivity contribution in [2.45, 2.75) is 0 Å². The second-order valence-electron chi connectivity index (χ2n) is 7.33. The van der Waals surface area contributed by atoms with Crippen molar-refractivity contribution in [1.82, 2.24) is 9.80 Å². The molecule has 0 saturated carbocycles. The number of hydrogen-bond acceptors (Lipinski definition) is 6. The molecule has 0 aliphatic carbocycles. The maximum absolute atomic E-state index is 13.3. The van der Waals surface area contributed by atoms with Crippen molar-refractivity contribution in [1.29, 1.82) is 0 Å². The molecule has 2 amide bonds. The number of ether oxygens (including phenoxy) is 2. The molecule has 2 heterocycles. The predicted octanol–water partition coefficient (Wildman–Crippen LogP) is 2.87. The van der Waals surface area contributed by atoms with E-state index in [9.17, 15) is 9.59 Å². The van der Waals surface area contributed by atoms with Crippen LogP contribution in [0, 0.1) is 0 Å². The van der Waals surface area contributed by atoms with E-state index < -0.39 is 0 Å². The fourth-order valence-corrected chi connectivity index (χ4v) is 3.79. The van der Waals surface area contributed by atoms with Gasteiger partial charge in [0.1, 0.15) is 11.4 Å². The summed E-state index contributed by atoms with van der Waals surface area (Å²) >= 11 is 6.02. The maximum Gasteiger partial charge on any atom is 0.278 e. The largest absolute Gasteiger partial charge is 0.497 e. The number of carbonyl (C=O) groups is 2. The van der Waals surface area contributed by atoms with Crippen molar-refractivity contribution < 1.29 is 19.1 Å². The first-order chi connectivity index (χ1) is 15.1. The molecule has 8 heteroatoms. The number of hydrogen-bond donors (Lipinski definition) is 1. The molecule has 31 heavy (non-hydrogen) atoms. The Kier molecular flexibility index (Phi) is 6.56. The lowest BCUT2D eigenvalue weighted by Gasteiger charge is -2.28. The summed E-state index contributed by atoms with van der Waals surface area (Å²) in [5, 5.41) is 3.71. The van der Waals surface area contributed by atoms with Crippen molar-refractivity contribution in [3.8, 4) is 5.75 Å². The highest BCUT2D eigenvalue weighted by atomic mass is 35.5. The van der Waals surface area contributed by atoms with Crippen molar-refractivity contribution in [3.05, 3.63) is 64.8 Å². The number of nitrogens with one attached hydrogen (secondary N) is 1. The second-order valence-corrected chi connectivity index (χ2v) is 7.76. The molecule has 0 atom stereocenters. The summed E-state index contributed by atoms with van der Waals surface area (Å²) in [4.78, 5) is 30.0. The first-order valence-electron chi connectivity index (χ1n) is 10.1. The van der Waals surface area contributed by atoms with E-state index in [1.165, 1.54) is 4.90 Å². The quantitative estimate of drug-likeness (QED) is 0.666. The predicted molar refractivity (Wildman–Crippen MR) is 119 cm³/mol. The van der Waals surface area contributed by atoms with E-state index in [0.29, 0.717) is 53.9 Å². The fourth-order valence-electron chi connectivity index (χ4n) is 3.66. The van der Waals surface area contributed by atoms with Gasteiger partial charge >= 0.3 is 0 Å². The summed E-state index contributed by atoms with van der Waals surface area (Å²) in [5.74, 6) is 0.0639. The fraction of sp³-hybridized carbons (Fsp3) is 0.304. The van der Waals surface area contributed by atoms with E-state index in [4.69, 9.17) is 21.1 Å².